The first-order valence-corrected chi connectivity index (χ1v) is 16.0. The van der Waals surface area contributed by atoms with E-state index in [1.54, 1.807) is 0 Å². The van der Waals surface area contributed by atoms with Crippen molar-refractivity contribution in [2.45, 2.75) is 84.0 Å². The Balaban J connectivity index is 1.19. The third-order valence-electron chi connectivity index (χ3n) is 9.83. The highest BCUT2D eigenvalue weighted by Crippen LogP contribution is 2.41. The lowest BCUT2D eigenvalue weighted by Crippen LogP contribution is -2.15. The molecule has 0 spiro atoms. The van der Waals surface area contributed by atoms with Gasteiger partial charge in [-0.05, 0) is 91.3 Å². The van der Waals surface area contributed by atoms with Gasteiger partial charge in [0.25, 0.3) is 0 Å². The van der Waals surface area contributed by atoms with Crippen LogP contribution < -0.4 is 0 Å². The lowest BCUT2D eigenvalue weighted by Gasteiger charge is -2.21. The summed E-state index contributed by atoms with van der Waals surface area (Å²) < 4.78 is 3.86. The Kier molecular flexibility index (Phi) is 7.46. The highest BCUT2D eigenvalue weighted by atomic mass is 15.3. The van der Waals surface area contributed by atoms with E-state index >= 15 is 0 Å². The molecule has 1 aromatic carbocycles. The van der Waals surface area contributed by atoms with Crippen molar-refractivity contribution >= 4 is 0 Å². The Morgan fingerprint density at radius 3 is 1.51 bits per heavy atom. The molecule has 7 rings (SSSR count). The maximum Gasteiger partial charge on any atom is 0.153 e. The second-order valence-corrected chi connectivity index (χ2v) is 13.6. The van der Waals surface area contributed by atoms with Gasteiger partial charge in [0.05, 0.1) is 28.7 Å². The van der Waals surface area contributed by atoms with Gasteiger partial charge in [-0.1, -0.05) is 82.0 Å². The van der Waals surface area contributed by atoms with Crippen molar-refractivity contribution in [3.05, 3.63) is 120 Å². The molecule has 0 bridgehead atoms. The molecule has 0 amide bonds. The number of rotatable bonds is 9. The van der Waals surface area contributed by atoms with E-state index in [1.807, 2.05) is 21.5 Å². The molecule has 2 fully saturated rings. The summed E-state index contributed by atoms with van der Waals surface area (Å²) in [7, 11) is 0. The van der Waals surface area contributed by atoms with Crippen LogP contribution in [0.3, 0.4) is 0 Å². The lowest BCUT2D eigenvalue weighted by atomic mass is 9.84. The molecule has 6 heteroatoms. The molecule has 2 saturated carbocycles. The molecule has 43 heavy (non-hydrogen) atoms. The topological polar surface area (TPSA) is 61.4 Å². The zero-order valence-corrected chi connectivity index (χ0v) is 25.5. The first-order valence-electron chi connectivity index (χ1n) is 16.0. The van der Waals surface area contributed by atoms with Gasteiger partial charge in [0.15, 0.2) is 11.6 Å². The molecule has 220 valence electrons. The summed E-state index contributed by atoms with van der Waals surface area (Å²) in [6, 6.07) is 27.3. The second kappa shape index (κ2) is 11.6. The number of benzene rings is 1. The molecule has 4 heterocycles. The van der Waals surface area contributed by atoms with Crippen molar-refractivity contribution < 1.29 is 0 Å². The van der Waals surface area contributed by atoms with E-state index in [-0.39, 0.29) is 5.92 Å². The number of hydrogen-bond donors (Lipinski definition) is 0. The summed E-state index contributed by atoms with van der Waals surface area (Å²) in [4.78, 5) is 10.3. The van der Waals surface area contributed by atoms with Gasteiger partial charge in [-0.15, -0.1) is 0 Å². The Labute approximate surface area is 255 Å². The van der Waals surface area contributed by atoms with Gasteiger partial charge >= 0.3 is 0 Å². The van der Waals surface area contributed by atoms with Crippen LogP contribution in [0.2, 0.25) is 0 Å². The maximum absolute atomic E-state index is 5.17. The van der Waals surface area contributed by atoms with Crippen LogP contribution in [-0.2, 0) is 12.8 Å². The molecule has 4 aromatic heterocycles. The summed E-state index contributed by atoms with van der Waals surface area (Å²) in [6.45, 7) is 4.81. The monoisotopic (exact) mass is 570 g/mol. The molecule has 0 unspecified atom stereocenters. The van der Waals surface area contributed by atoms with Crippen LogP contribution in [0.4, 0.5) is 0 Å². The van der Waals surface area contributed by atoms with Crippen molar-refractivity contribution in [1.82, 2.24) is 29.5 Å². The quantitative estimate of drug-likeness (QED) is 0.179. The molecule has 2 aliphatic carbocycles. The highest BCUT2D eigenvalue weighted by Gasteiger charge is 2.31. The lowest BCUT2D eigenvalue weighted by molar-refractivity contribution is 0.330. The first-order chi connectivity index (χ1) is 21.0. The molecular weight excluding hydrogens is 528 g/mol. The van der Waals surface area contributed by atoms with E-state index in [9.17, 15) is 0 Å². The van der Waals surface area contributed by atoms with Gasteiger partial charge in [0.2, 0.25) is 0 Å². The van der Waals surface area contributed by atoms with E-state index < -0.39 is 0 Å². The van der Waals surface area contributed by atoms with Crippen LogP contribution in [0.15, 0.2) is 91.3 Å². The van der Waals surface area contributed by atoms with Crippen LogP contribution in [0.5, 0.6) is 0 Å². The average molecular weight is 571 g/mol. The smallest absolute Gasteiger partial charge is 0.153 e. The van der Waals surface area contributed by atoms with Gasteiger partial charge in [-0.2, -0.15) is 10.2 Å². The van der Waals surface area contributed by atoms with Crippen LogP contribution >= 0.6 is 0 Å². The van der Waals surface area contributed by atoms with Crippen molar-refractivity contribution in [3.63, 3.8) is 0 Å². The number of nitrogens with zero attached hydrogens (tertiary/aromatic N) is 6. The van der Waals surface area contributed by atoms with E-state index in [4.69, 9.17) is 20.2 Å². The molecule has 0 radical (unpaired) electrons. The van der Waals surface area contributed by atoms with Gasteiger partial charge < -0.3 is 0 Å². The first kappa shape index (κ1) is 27.8. The predicted octanol–water partition coefficient (Wildman–Crippen LogP) is 8.27. The van der Waals surface area contributed by atoms with Crippen LogP contribution in [-0.4, -0.2) is 29.5 Å². The number of aromatic nitrogens is 6. The zero-order valence-electron chi connectivity index (χ0n) is 25.5. The molecule has 0 atom stereocenters. The van der Waals surface area contributed by atoms with E-state index in [1.165, 1.54) is 51.4 Å². The minimum atomic E-state index is -0.124. The van der Waals surface area contributed by atoms with Gasteiger partial charge in [-0.25, -0.2) is 19.3 Å². The number of hydrogen-bond acceptors (Lipinski definition) is 4. The van der Waals surface area contributed by atoms with Crippen molar-refractivity contribution in [2.75, 3.05) is 0 Å². The standard InChI is InChI=1S/C37H42N6/c1-36(20-6-7-21-36)26-29-18-24-42(40-29)33-16-10-14-31(38-33)35(28-12-4-3-5-13-28)32-15-11-17-34(39-32)43-25-19-30(41-43)27-37(2)22-8-9-23-37/h3-5,10-19,24-25,35H,6-9,20-23,26-27H2,1-2H3. The summed E-state index contributed by atoms with van der Waals surface area (Å²) in [5.74, 6) is 1.53. The Bertz CT molecular complexity index is 1560. The largest absolute Gasteiger partial charge is 0.233 e. The molecule has 2 aliphatic rings. The molecule has 0 aliphatic heterocycles. The summed E-state index contributed by atoms with van der Waals surface area (Å²) >= 11 is 0. The zero-order chi connectivity index (χ0) is 29.3. The number of pyridine rings is 2. The fourth-order valence-corrected chi connectivity index (χ4v) is 7.45. The van der Waals surface area contributed by atoms with E-state index in [0.717, 1.165) is 52.8 Å². The minimum absolute atomic E-state index is 0.124. The Morgan fingerprint density at radius 1 is 0.581 bits per heavy atom. The Hall–Kier alpha value is -4.06. The fourth-order valence-electron chi connectivity index (χ4n) is 7.45. The summed E-state index contributed by atoms with van der Waals surface area (Å²) in [6.07, 6.45) is 16.6. The minimum Gasteiger partial charge on any atom is -0.233 e. The molecule has 0 saturated heterocycles. The predicted molar refractivity (Wildman–Crippen MR) is 171 cm³/mol. The fraction of sp³-hybridized carbons (Fsp3) is 0.405. The van der Waals surface area contributed by atoms with Gasteiger partial charge in [0.1, 0.15) is 0 Å². The maximum atomic E-state index is 5.17. The van der Waals surface area contributed by atoms with E-state index in [0.29, 0.717) is 10.8 Å². The second-order valence-electron chi connectivity index (χ2n) is 13.6. The van der Waals surface area contributed by atoms with Gasteiger partial charge in [0, 0.05) is 12.4 Å². The molecule has 6 nitrogen and oxygen atoms in total. The molecule has 0 N–H and O–H groups in total. The van der Waals surface area contributed by atoms with Crippen LogP contribution in [0, 0.1) is 10.8 Å². The molecule has 5 aromatic rings. The normalized spacial score (nSPS) is 17.6. The summed E-state index contributed by atoms with van der Waals surface area (Å²) in [5.41, 5.74) is 6.08. The molecular formula is C37H42N6. The van der Waals surface area contributed by atoms with Crippen molar-refractivity contribution in [3.8, 4) is 11.6 Å². The van der Waals surface area contributed by atoms with Crippen LogP contribution in [0.25, 0.3) is 11.6 Å². The Morgan fingerprint density at radius 2 is 1.05 bits per heavy atom. The third kappa shape index (κ3) is 6.06. The average Bonchev–Trinajstić information content (AvgIpc) is 3.84. The summed E-state index contributed by atoms with van der Waals surface area (Å²) in [5, 5.41) is 9.92. The van der Waals surface area contributed by atoms with Gasteiger partial charge in [-0.3, -0.25) is 0 Å². The van der Waals surface area contributed by atoms with Crippen LogP contribution in [0.1, 0.15) is 99.5 Å². The van der Waals surface area contributed by atoms with Crippen molar-refractivity contribution in [1.29, 1.82) is 0 Å². The third-order valence-corrected chi connectivity index (χ3v) is 9.83. The van der Waals surface area contributed by atoms with E-state index in [2.05, 4.69) is 93.0 Å². The SMILES string of the molecule is CC1(Cc2ccn(-c3cccc(C(c4ccccc4)c4cccc(-n5ccc(CC6(C)CCCC6)n5)n4)n3)n2)CCCC1. The van der Waals surface area contributed by atoms with Crippen molar-refractivity contribution in [2.24, 2.45) is 10.8 Å². The highest BCUT2D eigenvalue weighted by molar-refractivity contribution is 5.41.